The van der Waals surface area contributed by atoms with Gasteiger partial charge in [0.15, 0.2) is 23.3 Å². The Kier molecular flexibility index (Phi) is 3.22. The largest absolute Gasteiger partial charge is 0.203 e. The molecule has 0 amide bonds. The van der Waals surface area contributed by atoms with Crippen LogP contribution in [0.25, 0.3) is 10.4 Å². The van der Waals surface area contributed by atoms with Gasteiger partial charge in [-0.05, 0) is 28.1 Å². The maximum atomic E-state index is 13.4. The highest BCUT2D eigenvalue weighted by molar-refractivity contribution is 9.11. The van der Waals surface area contributed by atoms with Gasteiger partial charge in [-0.2, -0.15) is 0 Å². The molecule has 0 radical (unpaired) electrons. The van der Waals surface area contributed by atoms with Gasteiger partial charge in [-0.15, -0.1) is 11.3 Å². The second-order valence-electron chi connectivity index (χ2n) is 3.05. The number of hydrogen-bond donors (Lipinski definition) is 0. The molecule has 7 heteroatoms. The molecule has 1 aromatic heterocycles. The normalized spacial score (nSPS) is 10.9. The number of benzene rings is 1. The van der Waals surface area contributed by atoms with E-state index in [2.05, 4.69) is 15.9 Å². The van der Waals surface area contributed by atoms with E-state index in [-0.39, 0.29) is 4.88 Å². The Morgan fingerprint density at radius 3 is 1.65 bits per heavy atom. The molecule has 2 aromatic rings. The fourth-order valence-corrected chi connectivity index (χ4v) is 2.69. The summed E-state index contributed by atoms with van der Waals surface area (Å²) in [7, 11) is 0. The molecule has 0 bridgehead atoms. The maximum absolute atomic E-state index is 13.4. The van der Waals surface area contributed by atoms with Crippen LogP contribution in [0.15, 0.2) is 15.9 Å². The highest BCUT2D eigenvalue weighted by Gasteiger charge is 2.27. The van der Waals surface area contributed by atoms with Crippen LogP contribution in [-0.2, 0) is 0 Å². The molecule has 17 heavy (non-hydrogen) atoms. The molecule has 0 unspecified atom stereocenters. The summed E-state index contributed by atoms with van der Waals surface area (Å²) in [6, 6.07) is 2.73. The lowest BCUT2D eigenvalue weighted by atomic mass is 10.1. The zero-order valence-electron chi connectivity index (χ0n) is 7.83. The molecule has 0 aliphatic heterocycles. The van der Waals surface area contributed by atoms with Crippen molar-refractivity contribution in [3.8, 4) is 10.4 Å². The van der Waals surface area contributed by atoms with Crippen LogP contribution in [0, 0.1) is 29.1 Å². The second kappa shape index (κ2) is 4.38. The molecule has 0 atom stereocenters. The molecule has 2 rings (SSSR count). The van der Waals surface area contributed by atoms with Gasteiger partial charge in [-0.3, -0.25) is 0 Å². The third-order valence-electron chi connectivity index (χ3n) is 2.03. The minimum Gasteiger partial charge on any atom is -0.203 e. The van der Waals surface area contributed by atoms with E-state index in [9.17, 15) is 22.0 Å². The average Bonchev–Trinajstić information content (AvgIpc) is 2.71. The summed E-state index contributed by atoms with van der Waals surface area (Å²) >= 11 is 3.92. The van der Waals surface area contributed by atoms with E-state index in [1.165, 1.54) is 12.1 Å². The maximum Gasteiger partial charge on any atom is 0.200 e. The first-order valence-corrected chi connectivity index (χ1v) is 5.81. The standard InChI is InChI=1S/C10H2BrF5S/c11-4-2-1-3(17-4)5-6(12)8(14)10(16)9(15)7(5)13/h1-2H. The van der Waals surface area contributed by atoms with Crippen molar-refractivity contribution in [1.82, 2.24) is 0 Å². The third-order valence-corrected chi connectivity index (χ3v) is 3.67. The Bertz CT molecular complexity index is 564. The van der Waals surface area contributed by atoms with Crippen molar-refractivity contribution in [3.63, 3.8) is 0 Å². The Morgan fingerprint density at radius 2 is 1.24 bits per heavy atom. The zero-order chi connectivity index (χ0) is 12.7. The van der Waals surface area contributed by atoms with Gasteiger partial charge in [0.1, 0.15) is 0 Å². The molecule has 0 fully saturated rings. The Morgan fingerprint density at radius 1 is 0.765 bits per heavy atom. The molecular formula is C10H2BrF5S. The van der Waals surface area contributed by atoms with Gasteiger partial charge in [-0.25, -0.2) is 22.0 Å². The lowest BCUT2D eigenvalue weighted by molar-refractivity contribution is 0.381. The number of rotatable bonds is 1. The Hall–Kier alpha value is -0.950. The number of thiophene rings is 1. The van der Waals surface area contributed by atoms with E-state index in [1.807, 2.05) is 0 Å². The molecule has 0 saturated heterocycles. The van der Waals surface area contributed by atoms with Gasteiger partial charge < -0.3 is 0 Å². The first kappa shape index (κ1) is 12.5. The van der Waals surface area contributed by atoms with Gasteiger partial charge in [0.05, 0.1) is 9.35 Å². The van der Waals surface area contributed by atoms with Gasteiger partial charge in [-0.1, -0.05) is 0 Å². The van der Waals surface area contributed by atoms with E-state index in [1.54, 1.807) is 0 Å². The quantitative estimate of drug-likeness (QED) is 0.398. The van der Waals surface area contributed by atoms with E-state index in [0.717, 1.165) is 11.3 Å². The smallest absolute Gasteiger partial charge is 0.200 e. The van der Waals surface area contributed by atoms with E-state index >= 15 is 0 Å². The molecular weight excluding hydrogens is 327 g/mol. The van der Waals surface area contributed by atoms with Crippen molar-refractivity contribution in [2.45, 2.75) is 0 Å². The van der Waals surface area contributed by atoms with Gasteiger partial charge in [0, 0.05) is 4.88 Å². The van der Waals surface area contributed by atoms with Crippen LogP contribution in [0.3, 0.4) is 0 Å². The van der Waals surface area contributed by atoms with Crippen LogP contribution >= 0.6 is 27.3 Å². The summed E-state index contributed by atoms with van der Waals surface area (Å²) in [5.74, 6) is -9.68. The van der Waals surface area contributed by atoms with Gasteiger partial charge >= 0.3 is 0 Å². The van der Waals surface area contributed by atoms with Crippen molar-refractivity contribution >= 4 is 27.3 Å². The van der Waals surface area contributed by atoms with E-state index in [0.29, 0.717) is 3.79 Å². The van der Waals surface area contributed by atoms with Crippen LogP contribution in [-0.4, -0.2) is 0 Å². The SMILES string of the molecule is Fc1c(F)c(F)c(-c2ccc(Br)s2)c(F)c1F. The molecule has 0 aliphatic carbocycles. The van der Waals surface area contributed by atoms with Crippen LogP contribution in [0.5, 0.6) is 0 Å². The van der Waals surface area contributed by atoms with Crippen LogP contribution < -0.4 is 0 Å². The number of hydrogen-bond acceptors (Lipinski definition) is 1. The molecule has 90 valence electrons. The summed E-state index contributed by atoms with van der Waals surface area (Å²) in [6.07, 6.45) is 0. The summed E-state index contributed by atoms with van der Waals surface area (Å²) in [5.41, 5.74) is -0.905. The topological polar surface area (TPSA) is 0 Å². The van der Waals surface area contributed by atoms with Crippen molar-refractivity contribution in [1.29, 1.82) is 0 Å². The van der Waals surface area contributed by atoms with E-state index in [4.69, 9.17) is 0 Å². The molecule has 1 aromatic carbocycles. The second-order valence-corrected chi connectivity index (χ2v) is 5.51. The Labute approximate surface area is 105 Å². The predicted octanol–water partition coefficient (Wildman–Crippen LogP) is 4.87. The van der Waals surface area contributed by atoms with Gasteiger partial charge in [0.25, 0.3) is 0 Å². The Balaban J connectivity index is 2.78. The highest BCUT2D eigenvalue weighted by Crippen LogP contribution is 2.37. The molecule has 0 aliphatic rings. The summed E-state index contributed by atoms with van der Waals surface area (Å²) < 4.78 is 65.9. The van der Waals surface area contributed by atoms with Crippen LogP contribution in [0.4, 0.5) is 22.0 Å². The number of halogens is 6. The first-order valence-electron chi connectivity index (χ1n) is 4.20. The molecule has 0 nitrogen and oxygen atoms in total. The van der Waals surface area contributed by atoms with Crippen molar-refractivity contribution in [3.05, 3.63) is 45.0 Å². The average molecular weight is 329 g/mol. The summed E-state index contributed by atoms with van der Waals surface area (Å²) in [5, 5.41) is 0. The van der Waals surface area contributed by atoms with Crippen molar-refractivity contribution in [2.24, 2.45) is 0 Å². The third kappa shape index (κ3) is 1.97. The summed E-state index contributed by atoms with van der Waals surface area (Å²) in [4.78, 5) is -0.0373. The monoisotopic (exact) mass is 328 g/mol. The van der Waals surface area contributed by atoms with Gasteiger partial charge in [0.2, 0.25) is 5.82 Å². The predicted molar refractivity (Wildman–Crippen MR) is 57.2 cm³/mol. The lowest BCUT2D eigenvalue weighted by Gasteiger charge is -2.05. The fraction of sp³-hybridized carbons (Fsp3) is 0. The molecule has 1 heterocycles. The first-order chi connectivity index (χ1) is 7.93. The summed E-state index contributed by atoms with van der Waals surface area (Å²) in [6.45, 7) is 0. The fourth-order valence-electron chi connectivity index (χ4n) is 1.27. The molecule has 0 spiro atoms. The zero-order valence-corrected chi connectivity index (χ0v) is 10.2. The molecule has 0 N–H and O–H groups in total. The van der Waals surface area contributed by atoms with Crippen molar-refractivity contribution < 1.29 is 22.0 Å². The van der Waals surface area contributed by atoms with E-state index < -0.39 is 34.6 Å². The highest BCUT2D eigenvalue weighted by atomic mass is 79.9. The molecule has 0 saturated carbocycles. The lowest BCUT2D eigenvalue weighted by Crippen LogP contribution is -2.03. The van der Waals surface area contributed by atoms with Crippen LogP contribution in [0.1, 0.15) is 0 Å². The van der Waals surface area contributed by atoms with Crippen molar-refractivity contribution in [2.75, 3.05) is 0 Å². The minimum atomic E-state index is -2.15. The minimum absolute atomic E-state index is 0.0373. The van der Waals surface area contributed by atoms with Crippen LogP contribution in [0.2, 0.25) is 0 Å².